The summed E-state index contributed by atoms with van der Waals surface area (Å²) in [7, 11) is 4.19. The number of rotatable bonds is 9. The van der Waals surface area contributed by atoms with E-state index in [2.05, 4.69) is 5.32 Å². The molecule has 0 aliphatic carbocycles. The van der Waals surface area contributed by atoms with Crippen molar-refractivity contribution < 1.29 is 33.5 Å². The second-order valence-electron chi connectivity index (χ2n) is 6.09. The number of hydrogen-bond acceptors (Lipinski definition) is 8. The van der Waals surface area contributed by atoms with E-state index in [0.717, 1.165) is 17.7 Å². The molecule has 0 unspecified atom stereocenters. The van der Waals surface area contributed by atoms with Crippen molar-refractivity contribution >= 4 is 17.6 Å². The van der Waals surface area contributed by atoms with Crippen molar-refractivity contribution in [3.63, 3.8) is 0 Å². The largest absolute Gasteiger partial charge is 0.497 e. The molecule has 1 atom stereocenters. The molecule has 2 aromatic carbocycles. The van der Waals surface area contributed by atoms with E-state index in [1.165, 1.54) is 21.1 Å². The van der Waals surface area contributed by atoms with Crippen molar-refractivity contribution in [3.8, 4) is 17.2 Å². The number of methoxy groups -OCH3 is 3. The Morgan fingerprint density at radius 1 is 1.03 bits per heavy atom. The number of amides is 1. The first-order valence-electron chi connectivity index (χ1n) is 8.82. The normalized spacial score (nSPS) is 11.2. The van der Waals surface area contributed by atoms with Gasteiger partial charge in [0, 0.05) is 12.6 Å². The molecule has 160 valence electrons. The first kappa shape index (κ1) is 22.5. The fourth-order valence-electron chi connectivity index (χ4n) is 2.54. The van der Waals surface area contributed by atoms with Crippen LogP contribution in [0.2, 0.25) is 0 Å². The van der Waals surface area contributed by atoms with Gasteiger partial charge < -0.3 is 24.3 Å². The van der Waals surface area contributed by atoms with Crippen LogP contribution >= 0.6 is 0 Å². The summed E-state index contributed by atoms with van der Waals surface area (Å²) < 4.78 is 20.3. The standard InChI is InChI=1S/C20H22N2O8/c1-12(19(23)21-11-13-5-7-14(27-2)8-6-13)30-20(24)15-9-17(28-3)18(29-4)10-16(15)22(25)26/h5-10,12H,11H2,1-4H3,(H,21,23)/t12-/m0/s1. The van der Waals surface area contributed by atoms with Crippen LogP contribution < -0.4 is 19.5 Å². The zero-order chi connectivity index (χ0) is 22.3. The molecular formula is C20H22N2O8. The van der Waals surface area contributed by atoms with Crippen LogP contribution in [0.4, 0.5) is 5.69 Å². The molecule has 2 aromatic rings. The number of carbonyl (C=O) groups excluding carboxylic acids is 2. The van der Waals surface area contributed by atoms with Crippen LogP contribution in [0.3, 0.4) is 0 Å². The number of nitro benzene ring substituents is 1. The maximum Gasteiger partial charge on any atom is 0.346 e. The predicted octanol–water partition coefficient (Wildman–Crippen LogP) is 2.48. The van der Waals surface area contributed by atoms with Crippen LogP contribution in [0.15, 0.2) is 36.4 Å². The molecule has 2 rings (SSSR count). The maximum atomic E-state index is 12.5. The van der Waals surface area contributed by atoms with Gasteiger partial charge in [0.2, 0.25) is 0 Å². The quantitative estimate of drug-likeness (QED) is 0.374. The molecule has 0 spiro atoms. The van der Waals surface area contributed by atoms with Crippen LogP contribution in [0, 0.1) is 10.1 Å². The highest BCUT2D eigenvalue weighted by atomic mass is 16.6. The number of nitro groups is 1. The fourth-order valence-corrected chi connectivity index (χ4v) is 2.54. The molecule has 0 saturated heterocycles. The molecule has 0 bridgehead atoms. The highest BCUT2D eigenvalue weighted by Gasteiger charge is 2.28. The minimum absolute atomic E-state index is 0.0889. The van der Waals surface area contributed by atoms with E-state index in [1.54, 1.807) is 31.4 Å². The van der Waals surface area contributed by atoms with E-state index in [1.807, 2.05) is 0 Å². The Morgan fingerprint density at radius 2 is 1.63 bits per heavy atom. The lowest BCUT2D eigenvalue weighted by Crippen LogP contribution is -2.35. The van der Waals surface area contributed by atoms with Gasteiger partial charge in [0.1, 0.15) is 11.3 Å². The van der Waals surface area contributed by atoms with Crippen molar-refractivity contribution in [2.45, 2.75) is 19.6 Å². The third-order valence-corrected chi connectivity index (χ3v) is 4.20. The van der Waals surface area contributed by atoms with Gasteiger partial charge in [0.05, 0.1) is 32.3 Å². The van der Waals surface area contributed by atoms with Crippen molar-refractivity contribution in [1.82, 2.24) is 5.32 Å². The Morgan fingerprint density at radius 3 is 2.17 bits per heavy atom. The molecule has 1 N–H and O–H groups in total. The molecule has 0 saturated carbocycles. The predicted molar refractivity (Wildman–Crippen MR) is 106 cm³/mol. The first-order chi connectivity index (χ1) is 14.3. The average Bonchev–Trinajstić information content (AvgIpc) is 2.76. The second-order valence-corrected chi connectivity index (χ2v) is 6.09. The fraction of sp³-hybridized carbons (Fsp3) is 0.300. The average molecular weight is 418 g/mol. The lowest BCUT2D eigenvalue weighted by Gasteiger charge is -2.15. The van der Waals surface area contributed by atoms with Gasteiger partial charge in [0.15, 0.2) is 17.6 Å². The third-order valence-electron chi connectivity index (χ3n) is 4.20. The number of nitrogens with zero attached hydrogens (tertiary/aromatic N) is 1. The van der Waals surface area contributed by atoms with Crippen LogP contribution in [0.1, 0.15) is 22.8 Å². The SMILES string of the molecule is COc1ccc(CNC(=O)[C@H](C)OC(=O)c2cc(OC)c(OC)cc2[N+](=O)[O-])cc1. The molecule has 0 radical (unpaired) electrons. The van der Waals surface area contributed by atoms with E-state index in [-0.39, 0.29) is 23.6 Å². The molecule has 10 heteroatoms. The summed E-state index contributed by atoms with van der Waals surface area (Å²) in [5, 5.41) is 14.0. The maximum absolute atomic E-state index is 12.5. The molecule has 0 heterocycles. The Kier molecular flexibility index (Phi) is 7.56. The topological polar surface area (TPSA) is 126 Å². The molecular weight excluding hydrogens is 396 g/mol. The number of esters is 1. The third kappa shape index (κ3) is 5.37. The minimum Gasteiger partial charge on any atom is -0.497 e. The zero-order valence-corrected chi connectivity index (χ0v) is 17.0. The van der Waals surface area contributed by atoms with E-state index < -0.39 is 28.6 Å². The minimum atomic E-state index is -1.18. The van der Waals surface area contributed by atoms with Crippen molar-refractivity contribution in [1.29, 1.82) is 0 Å². The highest BCUT2D eigenvalue weighted by molar-refractivity contribution is 5.96. The summed E-state index contributed by atoms with van der Waals surface area (Å²) in [6.07, 6.45) is -1.18. The summed E-state index contributed by atoms with van der Waals surface area (Å²) in [4.78, 5) is 35.3. The van der Waals surface area contributed by atoms with Crippen LogP contribution in [0.5, 0.6) is 17.2 Å². The Bertz CT molecular complexity index is 927. The summed E-state index contributed by atoms with van der Waals surface area (Å²) in [5.41, 5.74) is -0.0610. The number of hydrogen-bond donors (Lipinski definition) is 1. The van der Waals surface area contributed by atoms with Gasteiger partial charge in [-0.25, -0.2) is 4.79 Å². The van der Waals surface area contributed by atoms with Crippen molar-refractivity contribution in [2.75, 3.05) is 21.3 Å². The van der Waals surface area contributed by atoms with Crippen LogP contribution in [-0.4, -0.2) is 44.2 Å². The van der Waals surface area contributed by atoms with Gasteiger partial charge in [-0.05, 0) is 24.6 Å². The molecule has 0 aromatic heterocycles. The molecule has 1 amide bonds. The van der Waals surface area contributed by atoms with Gasteiger partial charge >= 0.3 is 5.97 Å². The summed E-state index contributed by atoms with van der Waals surface area (Å²) in [6, 6.07) is 9.26. The smallest absolute Gasteiger partial charge is 0.346 e. The van der Waals surface area contributed by atoms with Crippen LogP contribution in [-0.2, 0) is 16.1 Å². The Balaban J connectivity index is 2.08. The monoisotopic (exact) mass is 418 g/mol. The molecule has 30 heavy (non-hydrogen) atoms. The second kappa shape index (κ2) is 10.1. The lowest BCUT2D eigenvalue weighted by molar-refractivity contribution is -0.385. The van der Waals surface area contributed by atoms with Gasteiger partial charge in [-0.1, -0.05) is 12.1 Å². The summed E-state index contributed by atoms with van der Waals surface area (Å²) >= 11 is 0. The number of nitrogens with one attached hydrogen (secondary N) is 1. The Hall–Kier alpha value is -3.82. The molecule has 0 aliphatic heterocycles. The summed E-state index contributed by atoms with van der Waals surface area (Å²) in [6.45, 7) is 1.58. The van der Waals surface area contributed by atoms with Gasteiger partial charge in [0.25, 0.3) is 11.6 Å². The number of benzene rings is 2. The van der Waals surface area contributed by atoms with Crippen LogP contribution in [0.25, 0.3) is 0 Å². The lowest BCUT2D eigenvalue weighted by atomic mass is 10.1. The van der Waals surface area contributed by atoms with Gasteiger partial charge in [-0.15, -0.1) is 0 Å². The van der Waals surface area contributed by atoms with E-state index in [9.17, 15) is 19.7 Å². The number of carbonyl (C=O) groups is 2. The highest BCUT2D eigenvalue weighted by Crippen LogP contribution is 2.34. The molecule has 10 nitrogen and oxygen atoms in total. The summed E-state index contributed by atoms with van der Waals surface area (Å²) in [5.74, 6) is -0.696. The zero-order valence-electron chi connectivity index (χ0n) is 17.0. The molecule has 0 fully saturated rings. The van der Waals surface area contributed by atoms with E-state index in [0.29, 0.717) is 5.75 Å². The van der Waals surface area contributed by atoms with Crippen molar-refractivity contribution in [3.05, 3.63) is 57.6 Å². The first-order valence-corrected chi connectivity index (χ1v) is 8.82. The van der Waals surface area contributed by atoms with Gasteiger partial charge in [-0.2, -0.15) is 0 Å². The van der Waals surface area contributed by atoms with Crippen molar-refractivity contribution in [2.24, 2.45) is 0 Å². The Labute approximate surface area is 172 Å². The van der Waals surface area contributed by atoms with E-state index >= 15 is 0 Å². The number of ether oxygens (including phenoxy) is 4. The van der Waals surface area contributed by atoms with Gasteiger partial charge in [-0.3, -0.25) is 14.9 Å². The van der Waals surface area contributed by atoms with E-state index in [4.69, 9.17) is 18.9 Å². The molecule has 0 aliphatic rings.